The minimum Gasteiger partial charge on any atom is -0.508 e. The Morgan fingerprint density at radius 2 is 1.83 bits per heavy atom. The van der Waals surface area contributed by atoms with Crippen molar-refractivity contribution in [3.8, 4) is 5.75 Å². The Morgan fingerprint density at radius 1 is 1.11 bits per heavy atom. The number of hydrogen-bond donors (Lipinski definition) is 6. The summed E-state index contributed by atoms with van der Waals surface area (Å²) in [6.45, 7) is 1.06. The van der Waals surface area contributed by atoms with Crippen LogP contribution in [-0.2, 0) is 28.5 Å². The summed E-state index contributed by atoms with van der Waals surface area (Å²) in [5.74, 6) is -1.57. The Bertz CT molecular complexity index is 1040. The number of fused-ring (bicyclic) bond motifs is 3. The van der Waals surface area contributed by atoms with E-state index in [0.29, 0.717) is 5.56 Å². The van der Waals surface area contributed by atoms with Gasteiger partial charge in [-0.3, -0.25) is 0 Å². The van der Waals surface area contributed by atoms with Crippen molar-refractivity contribution < 1.29 is 59.1 Å². The van der Waals surface area contributed by atoms with Crippen molar-refractivity contribution in [2.75, 3.05) is 6.61 Å². The van der Waals surface area contributed by atoms with E-state index in [1.807, 2.05) is 0 Å². The van der Waals surface area contributed by atoms with Crippen LogP contribution in [0.5, 0.6) is 5.75 Å². The number of aromatic hydroxyl groups is 1. The molecule has 11 atom stereocenters. The second-order valence-electron chi connectivity index (χ2n) is 9.51. The first-order valence-corrected chi connectivity index (χ1v) is 11.5. The molecule has 196 valence electrons. The van der Waals surface area contributed by atoms with E-state index in [9.17, 15) is 35.4 Å². The predicted molar refractivity (Wildman–Crippen MR) is 118 cm³/mol. The van der Waals surface area contributed by atoms with E-state index in [-0.39, 0.29) is 5.75 Å². The van der Waals surface area contributed by atoms with E-state index in [1.54, 1.807) is 19.1 Å². The van der Waals surface area contributed by atoms with E-state index in [4.69, 9.17) is 23.7 Å². The number of ether oxygens (including phenoxy) is 5. The molecule has 12 nitrogen and oxygen atoms in total. The van der Waals surface area contributed by atoms with Gasteiger partial charge in [0.2, 0.25) is 6.29 Å². The number of epoxide rings is 1. The average molecular weight is 508 g/mol. The topological polar surface area (TPSA) is 188 Å². The molecular weight excluding hydrogens is 480 g/mol. The lowest BCUT2D eigenvalue weighted by molar-refractivity contribution is -0.349. The number of rotatable bonds is 6. The fourth-order valence-corrected chi connectivity index (χ4v) is 5.21. The molecule has 2 saturated heterocycles. The van der Waals surface area contributed by atoms with Crippen molar-refractivity contribution in [1.82, 2.24) is 0 Å². The van der Waals surface area contributed by atoms with Crippen LogP contribution in [0.2, 0.25) is 0 Å². The molecular formula is C24H28O12. The third kappa shape index (κ3) is 4.09. The molecule has 6 N–H and O–H groups in total. The number of phenols is 1. The maximum Gasteiger partial charge on any atom is 0.331 e. The van der Waals surface area contributed by atoms with Crippen molar-refractivity contribution in [3.63, 3.8) is 0 Å². The lowest BCUT2D eigenvalue weighted by Gasteiger charge is -2.45. The number of esters is 1. The summed E-state index contributed by atoms with van der Waals surface area (Å²) in [5, 5.41) is 60.7. The van der Waals surface area contributed by atoms with Gasteiger partial charge in [0.05, 0.1) is 18.8 Å². The van der Waals surface area contributed by atoms with Gasteiger partial charge >= 0.3 is 5.97 Å². The number of benzene rings is 1. The van der Waals surface area contributed by atoms with Crippen LogP contribution in [0.3, 0.4) is 0 Å². The van der Waals surface area contributed by atoms with Crippen molar-refractivity contribution in [1.29, 1.82) is 0 Å². The normalized spacial score (nSPS) is 45.1. The molecule has 5 rings (SSSR count). The molecule has 12 heteroatoms. The quantitative estimate of drug-likeness (QED) is 0.149. The summed E-state index contributed by atoms with van der Waals surface area (Å²) in [5.41, 5.74) is -2.11. The lowest BCUT2D eigenvalue weighted by atomic mass is 9.82. The molecule has 0 spiro atoms. The van der Waals surface area contributed by atoms with Crippen LogP contribution in [0.15, 0.2) is 42.7 Å². The van der Waals surface area contributed by atoms with E-state index in [0.717, 1.165) is 0 Å². The largest absolute Gasteiger partial charge is 0.508 e. The minimum atomic E-state index is -1.75. The van der Waals surface area contributed by atoms with Crippen LogP contribution in [0.25, 0.3) is 6.08 Å². The Morgan fingerprint density at radius 3 is 2.53 bits per heavy atom. The molecule has 3 heterocycles. The standard InChI is InChI=1S/C24H28O12/c1-23-18-22(35-21-17(30)16(29)15(28)13(10-25)33-21)32-9-8-24(18,31)20(19(23)36-23)34-14(27)7-4-11-2-5-12(26)6-3-11/h2-9,13,15-22,25-26,28-31H,10H2,1H3/t13-,15-,16+,17-,18-,19+,20-,21+,22+,23-,24+/m1/s1. The fraction of sp³-hybridized carbons (Fsp3) is 0.542. The smallest absolute Gasteiger partial charge is 0.331 e. The fourth-order valence-electron chi connectivity index (χ4n) is 5.21. The summed E-state index contributed by atoms with van der Waals surface area (Å²) in [4.78, 5) is 12.6. The highest BCUT2D eigenvalue weighted by molar-refractivity contribution is 5.87. The number of hydrogen-bond acceptors (Lipinski definition) is 12. The second kappa shape index (κ2) is 9.08. The molecule has 0 amide bonds. The zero-order valence-electron chi connectivity index (χ0n) is 19.2. The maximum atomic E-state index is 12.6. The monoisotopic (exact) mass is 508 g/mol. The van der Waals surface area contributed by atoms with Crippen LogP contribution in [0.4, 0.5) is 0 Å². The predicted octanol–water partition coefficient (Wildman–Crippen LogP) is -1.48. The molecule has 1 aromatic rings. The van der Waals surface area contributed by atoms with E-state index < -0.39 is 78.9 Å². The molecule has 3 fully saturated rings. The summed E-state index contributed by atoms with van der Waals surface area (Å²) in [6, 6.07) is 6.17. The molecule has 0 bridgehead atoms. The van der Waals surface area contributed by atoms with Crippen molar-refractivity contribution in [3.05, 3.63) is 48.2 Å². The summed E-state index contributed by atoms with van der Waals surface area (Å²) in [6.07, 6.45) is -5.42. The van der Waals surface area contributed by atoms with E-state index in [2.05, 4.69) is 0 Å². The summed E-state index contributed by atoms with van der Waals surface area (Å²) >= 11 is 0. The second-order valence-corrected chi connectivity index (χ2v) is 9.51. The van der Waals surface area contributed by atoms with E-state index in [1.165, 1.54) is 36.6 Å². The molecule has 1 saturated carbocycles. The first-order chi connectivity index (χ1) is 17.1. The lowest BCUT2D eigenvalue weighted by Crippen LogP contribution is -2.62. The van der Waals surface area contributed by atoms with Gasteiger partial charge in [0.15, 0.2) is 12.4 Å². The van der Waals surface area contributed by atoms with Gasteiger partial charge in [0, 0.05) is 6.08 Å². The molecule has 36 heavy (non-hydrogen) atoms. The van der Waals surface area contributed by atoms with Gasteiger partial charge in [-0.05, 0) is 36.8 Å². The zero-order chi connectivity index (χ0) is 25.8. The summed E-state index contributed by atoms with van der Waals surface area (Å²) in [7, 11) is 0. The molecule has 0 aromatic heterocycles. The first-order valence-electron chi connectivity index (χ1n) is 11.5. The molecule has 1 aliphatic carbocycles. The minimum absolute atomic E-state index is 0.0888. The molecule has 4 aliphatic rings. The Hall–Kier alpha value is -2.55. The number of carbonyl (C=O) groups is 1. The molecule has 1 aromatic carbocycles. The number of phenolic OH excluding ortho intramolecular Hbond substituents is 1. The van der Waals surface area contributed by atoms with Crippen LogP contribution in [-0.4, -0.2) is 104 Å². The SMILES string of the molecule is C[C@]12O[C@H]1[C@@H](OC(=O)C=Cc1ccc(O)cc1)[C@]1(O)C=CO[C@@H](O[C@@H]3O[C@H](CO)[C@@H](O)[C@H](O)[C@H]3O)[C@@H]12. The van der Waals surface area contributed by atoms with Gasteiger partial charge in [0.25, 0.3) is 0 Å². The van der Waals surface area contributed by atoms with Crippen molar-refractivity contribution in [2.45, 2.75) is 67.3 Å². The maximum absolute atomic E-state index is 12.6. The van der Waals surface area contributed by atoms with Gasteiger partial charge in [-0.2, -0.15) is 0 Å². The summed E-state index contributed by atoms with van der Waals surface area (Å²) < 4.78 is 28.1. The third-order valence-corrected chi connectivity index (χ3v) is 7.22. The molecule has 0 radical (unpaired) electrons. The van der Waals surface area contributed by atoms with Gasteiger partial charge in [-0.25, -0.2) is 4.79 Å². The Balaban J connectivity index is 1.31. The average Bonchev–Trinajstić information content (AvgIpc) is 3.48. The zero-order valence-corrected chi connectivity index (χ0v) is 19.2. The number of aliphatic hydroxyl groups is 5. The highest BCUT2D eigenvalue weighted by Crippen LogP contribution is 2.62. The van der Waals surface area contributed by atoms with Gasteiger partial charge in [-0.1, -0.05) is 12.1 Å². The van der Waals surface area contributed by atoms with E-state index >= 15 is 0 Å². The van der Waals surface area contributed by atoms with Gasteiger partial charge in [-0.15, -0.1) is 0 Å². The van der Waals surface area contributed by atoms with Gasteiger partial charge < -0.3 is 54.3 Å². The van der Waals surface area contributed by atoms with Crippen molar-refractivity contribution in [2.24, 2.45) is 5.92 Å². The highest BCUT2D eigenvalue weighted by atomic mass is 16.8. The van der Waals surface area contributed by atoms with Crippen LogP contribution in [0, 0.1) is 5.92 Å². The molecule has 3 aliphatic heterocycles. The third-order valence-electron chi connectivity index (χ3n) is 7.22. The highest BCUT2D eigenvalue weighted by Gasteiger charge is 2.80. The number of aliphatic hydroxyl groups excluding tert-OH is 4. The van der Waals surface area contributed by atoms with Crippen molar-refractivity contribution >= 4 is 12.0 Å². The molecule has 0 unspecified atom stereocenters. The van der Waals surface area contributed by atoms with Crippen LogP contribution in [0.1, 0.15) is 12.5 Å². The van der Waals surface area contributed by atoms with Crippen LogP contribution < -0.4 is 0 Å². The Labute approximate surface area is 205 Å². The first kappa shape index (κ1) is 25.1. The van der Waals surface area contributed by atoms with Crippen LogP contribution >= 0.6 is 0 Å². The number of carbonyl (C=O) groups excluding carboxylic acids is 1. The Kier molecular flexibility index (Phi) is 6.34. The van der Waals surface area contributed by atoms with Gasteiger partial charge in [0.1, 0.15) is 47.5 Å².